The second-order valence-electron chi connectivity index (χ2n) is 6.06. The highest BCUT2D eigenvalue weighted by atomic mass is 79.9. The number of rotatable bonds is 1. The highest BCUT2D eigenvalue weighted by Crippen LogP contribution is 2.37. The third kappa shape index (κ3) is 2.35. The monoisotopic (exact) mass is 376 g/mol. The third-order valence-corrected chi connectivity index (χ3v) is 4.96. The molecule has 23 heavy (non-hydrogen) atoms. The number of amides is 1. The van der Waals surface area contributed by atoms with E-state index in [2.05, 4.69) is 31.4 Å². The lowest BCUT2D eigenvalue weighted by Gasteiger charge is -2.31. The maximum Gasteiger partial charge on any atom is 0.254 e. The van der Waals surface area contributed by atoms with Gasteiger partial charge in [0, 0.05) is 23.1 Å². The molecule has 2 atom stereocenters. The summed E-state index contributed by atoms with van der Waals surface area (Å²) in [6, 6.07) is 5.90. The van der Waals surface area contributed by atoms with Crippen molar-refractivity contribution in [3.63, 3.8) is 0 Å². The van der Waals surface area contributed by atoms with Crippen LogP contribution in [-0.2, 0) is 4.79 Å². The van der Waals surface area contributed by atoms with E-state index in [0.717, 1.165) is 21.6 Å². The number of benzene rings is 1. The van der Waals surface area contributed by atoms with E-state index >= 15 is 0 Å². The lowest BCUT2D eigenvalue weighted by atomic mass is 9.97. The molecule has 0 bridgehead atoms. The van der Waals surface area contributed by atoms with Gasteiger partial charge in [0.2, 0.25) is 0 Å². The molecule has 1 amide bonds. The van der Waals surface area contributed by atoms with E-state index < -0.39 is 6.10 Å². The number of aliphatic hydroxyl groups excluding tert-OH is 1. The molecule has 4 rings (SSSR count). The maximum absolute atomic E-state index is 12.9. The van der Waals surface area contributed by atoms with Crippen LogP contribution >= 0.6 is 15.9 Å². The van der Waals surface area contributed by atoms with Gasteiger partial charge in [-0.2, -0.15) is 5.10 Å². The summed E-state index contributed by atoms with van der Waals surface area (Å²) in [5.74, 6) is 0.693. The zero-order chi connectivity index (χ0) is 16.1. The van der Waals surface area contributed by atoms with Crippen LogP contribution in [0.4, 0.5) is 5.69 Å². The number of nitrogens with zero attached hydrogens (tertiary/aromatic N) is 3. The number of β-amino-alcohol motifs (C(OH)–C–C–N with tert-alkyl or cyclic N) is 1. The summed E-state index contributed by atoms with van der Waals surface area (Å²) in [6.45, 7) is 3.01. The smallest absolute Gasteiger partial charge is 0.254 e. The van der Waals surface area contributed by atoms with Crippen LogP contribution in [0.1, 0.15) is 18.9 Å². The molecule has 0 radical (unpaired) electrons. The third-order valence-electron chi connectivity index (χ3n) is 4.46. The van der Waals surface area contributed by atoms with E-state index in [1.165, 1.54) is 0 Å². The fourth-order valence-corrected chi connectivity index (χ4v) is 3.66. The quantitative estimate of drug-likeness (QED) is 0.779. The van der Waals surface area contributed by atoms with E-state index in [0.29, 0.717) is 25.1 Å². The Morgan fingerprint density at radius 2 is 2.30 bits per heavy atom. The first-order valence-corrected chi connectivity index (χ1v) is 8.45. The predicted molar refractivity (Wildman–Crippen MR) is 91.8 cm³/mol. The first kappa shape index (κ1) is 14.7. The van der Waals surface area contributed by atoms with E-state index in [-0.39, 0.29) is 12.1 Å². The van der Waals surface area contributed by atoms with E-state index in [4.69, 9.17) is 0 Å². The Kier molecular flexibility index (Phi) is 3.42. The Labute approximate surface area is 142 Å². The van der Waals surface area contributed by atoms with Crippen molar-refractivity contribution in [3.8, 4) is 0 Å². The fraction of sp³-hybridized carbons (Fsp3) is 0.375. The molecule has 1 fully saturated rings. The molecule has 7 heteroatoms. The van der Waals surface area contributed by atoms with Crippen molar-refractivity contribution >= 4 is 38.9 Å². The number of nitrogens with one attached hydrogen (secondary N) is 1. The average molecular weight is 377 g/mol. The minimum atomic E-state index is -0.422. The standard InChI is InChI=1S/C16H17BrN4O2/c1-9-18-19-15-7-13(16(23)20-5-4-11(22)8-20)12-3-2-10(17)6-14(12)21(9)15/h2-3,6-7,9,11,18,22H,4-5,8H2,1H3/t9?,11-/m1/s1. The lowest BCUT2D eigenvalue weighted by Crippen LogP contribution is -2.41. The van der Waals surface area contributed by atoms with Crippen LogP contribution in [0.25, 0.3) is 5.57 Å². The van der Waals surface area contributed by atoms with Gasteiger partial charge in [0.1, 0.15) is 6.17 Å². The molecular formula is C16H17BrN4O2. The van der Waals surface area contributed by atoms with Crippen LogP contribution in [0.15, 0.2) is 33.8 Å². The molecule has 1 aromatic carbocycles. The number of amidine groups is 1. The molecular weight excluding hydrogens is 360 g/mol. The van der Waals surface area contributed by atoms with E-state index in [1.54, 1.807) is 4.90 Å². The Balaban J connectivity index is 1.78. The zero-order valence-corrected chi connectivity index (χ0v) is 14.2. The predicted octanol–water partition coefficient (Wildman–Crippen LogP) is 1.51. The second kappa shape index (κ2) is 5.35. The van der Waals surface area contributed by atoms with Gasteiger partial charge in [-0.3, -0.25) is 10.2 Å². The maximum atomic E-state index is 12.9. The molecule has 0 saturated carbocycles. The van der Waals surface area contributed by atoms with Crippen molar-refractivity contribution in [2.75, 3.05) is 18.0 Å². The van der Waals surface area contributed by atoms with E-state index in [1.807, 2.05) is 31.2 Å². The second-order valence-corrected chi connectivity index (χ2v) is 6.97. The van der Waals surface area contributed by atoms with Crippen molar-refractivity contribution < 1.29 is 9.90 Å². The molecule has 0 aromatic heterocycles. The molecule has 6 nitrogen and oxygen atoms in total. The highest BCUT2D eigenvalue weighted by Gasteiger charge is 2.35. The summed E-state index contributed by atoms with van der Waals surface area (Å²) in [7, 11) is 0. The van der Waals surface area contributed by atoms with Crippen LogP contribution in [-0.4, -0.2) is 47.1 Å². The lowest BCUT2D eigenvalue weighted by molar-refractivity contribution is -0.124. The van der Waals surface area contributed by atoms with Gasteiger partial charge >= 0.3 is 0 Å². The van der Waals surface area contributed by atoms with Gasteiger partial charge in [-0.15, -0.1) is 0 Å². The van der Waals surface area contributed by atoms with Crippen molar-refractivity contribution in [1.82, 2.24) is 10.3 Å². The van der Waals surface area contributed by atoms with Crippen LogP contribution in [0.2, 0.25) is 0 Å². The van der Waals surface area contributed by atoms with Gasteiger partial charge in [-0.1, -0.05) is 22.0 Å². The Hall–Kier alpha value is -1.86. The summed E-state index contributed by atoms with van der Waals surface area (Å²) < 4.78 is 0.958. The number of halogens is 1. The molecule has 0 aliphatic carbocycles. The topological polar surface area (TPSA) is 68.2 Å². The van der Waals surface area contributed by atoms with Crippen LogP contribution < -0.4 is 10.3 Å². The van der Waals surface area contributed by atoms with Gasteiger partial charge in [0.15, 0.2) is 5.84 Å². The van der Waals surface area contributed by atoms with Crippen molar-refractivity contribution in [2.24, 2.45) is 5.10 Å². The van der Waals surface area contributed by atoms with E-state index in [9.17, 15) is 9.90 Å². The Morgan fingerprint density at radius 3 is 3.04 bits per heavy atom. The minimum Gasteiger partial charge on any atom is -0.391 e. The number of fused-ring (bicyclic) bond motifs is 3. The van der Waals surface area contributed by atoms with Crippen molar-refractivity contribution in [2.45, 2.75) is 25.6 Å². The summed E-state index contributed by atoms with van der Waals surface area (Å²) in [4.78, 5) is 16.7. The Morgan fingerprint density at radius 1 is 1.48 bits per heavy atom. The normalized spacial score (nSPS) is 25.5. The van der Waals surface area contributed by atoms with Gasteiger partial charge < -0.3 is 14.9 Å². The summed E-state index contributed by atoms with van der Waals surface area (Å²) in [5, 5.41) is 14.0. The van der Waals surface area contributed by atoms with Gasteiger partial charge in [0.05, 0.1) is 17.4 Å². The van der Waals surface area contributed by atoms with Gasteiger partial charge in [-0.05, 0) is 31.6 Å². The highest BCUT2D eigenvalue weighted by molar-refractivity contribution is 9.10. The SMILES string of the molecule is CC1NN=C2C=C(C(=O)N3CC[C@@H](O)C3)c3ccc(Br)cc3N21. The molecule has 2 N–H and O–H groups in total. The summed E-state index contributed by atoms with van der Waals surface area (Å²) in [6.07, 6.45) is 2.09. The summed E-state index contributed by atoms with van der Waals surface area (Å²) in [5.41, 5.74) is 5.54. The molecule has 120 valence electrons. The molecule has 0 spiro atoms. The first-order valence-electron chi connectivity index (χ1n) is 7.66. The number of anilines is 1. The average Bonchev–Trinajstić information content (AvgIpc) is 3.12. The van der Waals surface area contributed by atoms with Gasteiger partial charge in [0.25, 0.3) is 5.91 Å². The molecule has 3 aliphatic rings. The number of likely N-dealkylation sites (tertiary alicyclic amines) is 1. The molecule has 1 unspecified atom stereocenters. The molecule has 3 aliphatic heterocycles. The number of hydrazone groups is 1. The summed E-state index contributed by atoms with van der Waals surface area (Å²) >= 11 is 3.50. The van der Waals surface area contributed by atoms with Crippen molar-refractivity contribution in [1.29, 1.82) is 0 Å². The number of carbonyl (C=O) groups excluding carboxylic acids is 1. The molecule has 1 aromatic rings. The van der Waals surface area contributed by atoms with Crippen LogP contribution in [0.3, 0.4) is 0 Å². The number of hydrogen-bond donors (Lipinski definition) is 2. The van der Waals surface area contributed by atoms with Gasteiger partial charge in [-0.25, -0.2) is 0 Å². The largest absolute Gasteiger partial charge is 0.391 e. The van der Waals surface area contributed by atoms with Crippen LogP contribution in [0, 0.1) is 0 Å². The number of aliphatic hydroxyl groups is 1. The fourth-order valence-electron chi connectivity index (χ4n) is 3.32. The molecule has 3 heterocycles. The number of hydrogen-bond acceptors (Lipinski definition) is 5. The Bertz CT molecular complexity index is 746. The van der Waals surface area contributed by atoms with Crippen LogP contribution in [0.5, 0.6) is 0 Å². The molecule has 1 saturated heterocycles. The number of carbonyl (C=O) groups is 1. The zero-order valence-electron chi connectivity index (χ0n) is 12.7. The van der Waals surface area contributed by atoms with Crippen molar-refractivity contribution in [3.05, 3.63) is 34.3 Å². The first-order chi connectivity index (χ1) is 11.0. The minimum absolute atomic E-state index is 0.0413.